The molecular formula is C19H35BNO2S. The summed E-state index contributed by atoms with van der Waals surface area (Å²) >= 11 is 4.65. The summed E-state index contributed by atoms with van der Waals surface area (Å²) in [7, 11) is 1.82. The van der Waals surface area contributed by atoms with E-state index in [4.69, 9.17) is 14.4 Å². The van der Waals surface area contributed by atoms with E-state index >= 15 is 0 Å². The molecule has 137 valence electrons. The van der Waals surface area contributed by atoms with E-state index in [0.717, 1.165) is 30.6 Å². The molecule has 1 rings (SSSR count). The molecular weight excluding hydrogens is 317 g/mol. The monoisotopic (exact) mass is 352 g/mol. The third-order valence-corrected chi connectivity index (χ3v) is 5.64. The molecule has 1 aliphatic heterocycles. The second-order valence-electron chi connectivity index (χ2n) is 7.64. The van der Waals surface area contributed by atoms with Crippen LogP contribution in [0.5, 0.6) is 0 Å². The summed E-state index contributed by atoms with van der Waals surface area (Å²) < 4.78 is 11.7. The first-order chi connectivity index (χ1) is 11.1. The molecule has 0 aromatic rings. The Hall–Kier alpha value is -0.255. The van der Waals surface area contributed by atoms with E-state index in [9.17, 15) is 0 Å². The fourth-order valence-corrected chi connectivity index (χ4v) is 2.60. The summed E-state index contributed by atoms with van der Waals surface area (Å²) in [6, 6.07) is 0.225. The largest absolute Gasteiger partial charge is 0.428 e. The summed E-state index contributed by atoms with van der Waals surface area (Å²) in [5.74, 6) is 0. The summed E-state index contributed by atoms with van der Waals surface area (Å²) in [4.78, 5) is 4.95. The zero-order chi connectivity index (χ0) is 18.4. The van der Waals surface area contributed by atoms with Crippen molar-refractivity contribution in [2.24, 2.45) is 4.99 Å². The molecule has 1 heterocycles. The van der Waals surface area contributed by atoms with Crippen LogP contribution in [-0.4, -0.2) is 42.3 Å². The van der Waals surface area contributed by atoms with Crippen LogP contribution in [0.15, 0.2) is 16.5 Å². The van der Waals surface area contributed by atoms with Gasteiger partial charge in [-0.3, -0.25) is 4.99 Å². The van der Waals surface area contributed by atoms with Crippen LogP contribution in [0.1, 0.15) is 74.1 Å². The zero-order valence-corrected chi connectivity index (χ0v) is 17.5. The van der Waals surface area contributed by atoms with Crippen molar-refractivity contribution in [3.05, 3.63) is 11.5 Å². The number of allylic oxidation sites excluding steroid dienone is 2. The Balaban J connectivity index is 2.75. The van der Waals surface area contributed by atoms with Gasteiger partial charge in [0.1, 0.15) is 0 Å². The number of hydrogen-bond acceptors (Lipinski definition) is 4. The molecule has 1 fully saturated rings. The van der Waals surface area contributed by atoms with Crippen LogP contribution in [0, 0.1) is 0 Å². The van der Waals surface area contributed by atoms with Crippen molar-refractivity contribution < 1.29 is 9.39 Å². The summed E-state index contributed by atoms with van der Waals surface area (Å²) in [5.41, 5.74) is 1.66. The zero-order valence-electron chi connectivity index (χ0n) is 16.6. The Morgan fingerprint density at radius 3 is 2.50 bits per heavy atom. The van der Waals surface area contributed by atoms with Gasteiger partial charge in [0.15, 0.2) is 0 Å². The molecule has 3 nitrogen and oxygen atoms in total. The Bertz CT molecular complexity index is 449. The van der Waals surface area contributed by atoms with Crippen LogP contribution in [0.4, 0.5) is 0 Å². The van der Waals surface area contributed by atoms with E-state index in [-0.39, 0.29) is 22.5 Å². The maximum absolute atomic E-state index is 6.05. The molecule has 2 unspecified atom stereocenters. The highest BCUT2D eigenvalue weighted by Crippen LogP contribution is 2.31. The maximum Gasteiger partial charge on any atom is 0.332 e. The number of aliphatic imine (C=N–C) groups is 1. The predicted octanol–water partition coefficient (Wildman–Crippen LogP) is 4.82. The quantitative estimate of drug-likeness (QED) is 0.386. The molecule has 24 heavy (non-hydrogen) atoms. The van der Waals surface area contributed by atoms with Crippen LogP contribution in [0.2, 0.25) is 0 Å². The lowest BCUT2D eigenvalue weighted by Gasteiger charge is -2.38. The van der Waals surface area contributed by atoms with Crippen LogP contribution >= 0.6 is 12.6 Å². The molecule has 5 heteroatoms. The molecule has 2 atom stereocenters. The van der Waals surface area contributed by atoms with Gasteiger partial charge in [-0.05, 0) is 72.7 Å². The van der Waals surface area contributed by atoms with Crippen LogP contribution < -0.4 is 0 Å². The Morgan fingerprint density at radius 2 is 2.04 bits per heavy atom. The Kier molecular flexibility index (Phi) is 8.57. The van der Waals surface area contributed by atoms with E-state index in [0.29, 0.717) is 0 Å². The molecule has 1 radical (unpaired) electrons. The van der Waals surface area contributed by atoms with Gasteiger partial charge in [0.05, 0.1) is 17.7 Å². The van der Waals surface area contributed by atoms with Gasteiger partial charge in [-0.1, -0.05) is 13.0 Å². The minimum absolute atomic E-state index is 0.225. The van der Waals surface area contributed by atoms with Crippen molar-refractivity contribution in [2.45, 2.75) is 96.6 Å². The number of nitrogens with zero attached hydrogens (tertiary/aromatic N) is 1. The summed E-state index contributed by atoms with van der Waals surface area (Å²) in [5, 5.41) is 0. The van der Waals surface area contributed by atoms with Gasteiger partial charge in [-0.15, -0.1) is 0 Å². The fourth-order valence-electron chi connectivity index (χ4n) is 2.55. The second kappa shape index (κ2) is 9.44. The van der Waals surface area contributed by atoms with Crippen molar-refractivity contribution in [2.75, 3.05) is 6.61 Å². The minimum atomic E-state index is -0.374. The average molecular weight is 352 g/mol. The first kappa shape index (κ1) is 21.8. The SMILES string of the molecule is C/C=C(/[B]OC(C)(C)C(C)(C)S)C(C)=NC(CC)C1CCCCO1. The Morgan fingerprint density at radius 1 is 1.38 bits per heavy atom. The highest BCUT2D eigenvalue weighted by atomic mass is 32.1. The second-order valence-corrected chi connectivity index (χ2v) is 8.76. The van der Waals surface area contributed by atoms with E-state index in [2.05, 4.69) is 60.2 Å². The van der Waals surface area contributed by atoms with Crippen LogP contribution in [-0.2, 0) is 9.39 Å². The van der Waals surface area contributed by atoms with Gasteiger partial charge in [0, 0.05) is 17.1 Å². The first-order valence-corrected chi connectivity index (χ1v) is 9.63. The molecule has 0 N–H and O–H groups in total. The maximum atomic E-state index is 6.05. The highest BCUT2D eigenvalue weighted by Gasteiger charge is 2.35. The average Bonchev–Trinajstić information content (AvgIpc) is 2.52. The van der Waals surface area contributed by atoms with Crippen LogP contribution in [0.3, 0.4) is 0 Å². The normalized spacial score (nSPS) is 22.4. The van der Waals surface area contributed by atoms with Gasteiger partial charge in [-0.25, -0.2) is 0 Å². The molecule has 0 amide bonds. The molecule has 1 aliphatic rings. The highest BCUT2D eigenvalue weighted by molar-refractivity contribution is 7.81. The van der Waals surface area contributed by atoms with Crippen molar-refractivity contribution in [3.8, 4) is 0 Å². The molecule has 1 saturated heterocycles. The van der Waals surface area contributed by atoms with Gasteiger partial charge in [-0.2, -0.15) is 12.6 Å². The van der Waals surface area contributed by atoms with Crippen molar-refractivity contribution in [3.63, 3.8) is 0 Å². The summed E-state index contributed by atoms with van der Waals surface area (Å²) in [6.07, 6.45) is 6.83. The van der Waals surface area contributed by atoms with Crippen molar-refractivity contribution in [1.29, 1.82) is 0 Å². The van der Waals surface area contributed by atoms with E-state index in [1.54, 1.807) is 0 Å². The third kappa shape index (κ3) is 6.23. The molecule has 0 bridgehead atoms. The molecule has 0 aromatic heterocycles. The topological polar surface area (TPSA) is 30.8 Å². The van der Waals surface area contributed by atoms with Gasteiger partial charge >= 0.3 is 7.48 Å². The van der Waals surface area contributed by atoms with E-state index in [1.165, 1.54) is 12.8 Å². The van der Waals surface area contributed by atoms with Crippen molar-refractivity contribution in [1.82, 2.24) is 0 Å². The smallest absolute Gasteiger partial charge is 0.332 e. The van der Waals surface area contributed by atoms with E-state index < -0.39 is 0 Å². The van der Waals surface area contributed by atoms with Crippen molar-refractivity contribution >= 4 is 25.8 Å². The lowest BCUT2D eigenvalue weighted by atomic mass is 9.80. The van der Waals surface area contributed by atoms with Gasteiger partial charge < -0.3 is 9.39 Å². The lowest BCUT2D eigenvalue weighted by molar-refractivity contribution is 0.000438. The molecule has 0 aromatic carbocycles. The molecule has 0 spiro atoms. The van der Waals surface area contributed by atoms with Gasteiger partial charge in [0.2, 0.25) is 0 Å². The first-order valence-electron chi connectivity index (χ1n) is 9.18. The number of rotatable bonds is 8. The molecule has 0 saturated carbocycles. The molecule has 0 aliphatic carbocycles. The third-order valence-electron chi connectivity index (χ3n) is 5.10. The summed E-state index contributed by atoms with van der Waals surface area (Å²) in [6.45, 7) is 15.4. The number of thiol groups is 1. The number of hydrogen-bond donors (Lipinski definition) is 1. The standard InChI is InChI=1S/C19H35BNO2S/c1-8-15(20-23-18(4,5)19(6,7)24)14(3)21-16(9-2)17-12-10-11-13-22-17/h8,16-17,24H,9-13H2,1-7H3/b15-8+,21-14?. The van der Waals surface area contributed by atoms with Crippen LogP contribution in [0.25, 0.3) is 0 Å². The Labute approximate surface area is 155 Å². The number of ether oxygens (including phenoxy) is 1. The minimum Gasteiger partial charge on any atom is -0.428 e. The lowest BCUT2D eigenvalue weighted by Crippen LogP contribution is -2.44. The van der Waals surface area contributed by atoms with Gasteiger partial charge in [0.25, 0.3) is 0 Å². The fraction of sp³-hybridized carbons (Fsp3) is 0.842. The van der Waals surface area contributed by atoms with E-state index in [1.807, 2.05) is 14.4 Å². The predicted molar refractivity (Wildman–Crippen MR) is 109 cm³/mol.